The van der Waals surface area contributed by atoms with Gasteiger partial charge in [0.25, 0.3) is 23.4 Å². The van der Waals surface area contributed by atoms with Crippen LogP contribution < -0.4 is 0 Å². The van der Waals surface area contributed by atoms with E-state index in [1.54, 1.807) is 12.1 Å². The average Bonchev–Trinajstić information content (AvgIpc) is 3.13. The Labute approximate surface area is 218 Å². The van der Waals surface area contributed by atoms with Crippen LogP contribution in [0.1, 0.15) is 33.2 Å². The Balaban J connectivity index is 1.57. The number of hydrogen-bond acceptors (Lipinski definition) is 8. The SMILES string of the molecule is C=C(C)[C@H](C(=O)OCc1ccc([N+](=O)[O-])cc1)N1C(=O)C(N2C(=O)c3ccccc3C2=O)C1S(=O)CCl. The first-order valence-electron chi connectivity index (χ1n) is 10.9. The number of hydrogen-bond donors (Lipinski definition) is 0. The Morgan fingerprint density at radius 3 is 2.19 bits per heavy atom. The van der Waals surface area contributed by atoms with E-state index in [1.807, 2.05) is 0 Å². The number of amides is 3. The molecule has 13 heteroatoms. The molecule has 2 heterocycles. The molecule has 4 rings (SSSR count). The molecule has 0 aliphatic carbocycles. The first-order valence-corrected chi connectivity index (χ1v) is 12.8. The van der Waals surface area contributed by atoms with Crippen molar-refractivity contribution in [2.75, 3.05) is 5.21 Å². The van der Waals surface area contributed by atoms with Crippen molar-refractivity contribution in [1.29, 1.82) is 0 Å². The summed E-state index contributed by atoms with van der Waals surface area (Å²) < 4.78 is 18.2. The second kappa shape index (κ2) is 10.2. The zero-order valence-electron chi connectivity index (χ0n) is 19.4. The highest BCUT2D eigenvalue weighted by molar-refractivity contribution is 7.87. The molecule has 3 amide bonds. The van der Waals surface area contributed by atoms with Crippen LogP contribution in [0.5, 0.6) is 0 Å². The predicted molar refractivity (Wildman–Crippen MR) is 132 cm³/mol. The van der Waals surface area contributed by atoms with E-state index < -0.39 is 62.1 Å². The second-order valence-corrected chi connectivity index (χ2v) is 10.5. The van der Waals surface area contributed by atoms with Crippen molar-refractivity contribution < 1.29 is 33.0 Å². The highest BCUT2D eigenvalue weighted by atomic mass is 35.5. The first-order chi connectivity index (χ1) is 17.6. The van der Waals surface area contributed by atoms with Crippen molar-refractivity contribution in [1.82, 2.24) is 9.80 Å². The number of imide groups is 1. The molecule has 11 nitrogen and oxygen atoms in total. The number of carbonyl (C=O) groups excluding carboxylic acids is 4. The summed E-state index contributed by atoms with van der Waals surface area (Å²) >= 11 is 5.83. The Morgan fingerprint density at radius 1 is 1.14 bits per heavy atom. The van der Waals surface area contributed by atoms with Crippen LogP contribution >= 0.6 is 11.6 Å². The molecule has 0 spiro atoms. The van der Waals surface area contributed by atoms with E-state index in [9.17, 15) is 33.5 Å². The minimum atomic E-state index is -1.95. The Kier molecular flexibility index (Phi) is 7.23. The quantitative estimate of drug-likeness (QED) is 0.0888. The van der Waals surface area contributed by atoms with Crippen LogP contribution in [0.3, 0.4) is 0 Å². The predicted octanol–water partition coefficient (Wildman–Crippen LogP) is 2.36. The van der Waals surface area contributed by atoms with E-state index >= 15 is 0 Å². The molecule has 0 saturated carbocycles. The van der Waals surface area contributed by atoms with Gasteiger partial charge in [-0.05, 0) is 42.3 Å². The minimum absolute atomic E-state index is 0.119. The number of likely N-dealkylation sites (tertiary alicyclic amines) is 1. The summed E-state index contributed by atoms with van der Waals surface area (Å²) in [5, 5.41) is 9.13. The molecule has 0 radical (unpaired) electrons. The van der Waals surface area contributed by atoms with Crippen LogP contribution in [0.15, 0.2) is 60.7 Å². The molecule has 3 unspecified atom stereocenters. The summed E-state index contributed by atoms with van der Waals surface area (Å²) in [5.74, 6) is -3.08. The molecular formula is C24H20ClN3O8S. The fourth-order valence-electron chi connectivity index (χ4n) is 4.28. The maximum atomic E-state index is 13.3. The number of non-ortho nitro benzene ring substituents is 1. The van der Waals surface area contributed by atoms with E-state index in [0.717, 1.165) is 9.80 Å². The van der Waals surface area contributed by atoms with Gasteiger partial charge in [-0.1, -0.05) is 18.7 Å². The molecule has 192 valence electrons. The van der Waals surface area contributed by atoms with E-state index in [-0.39, 0.29) is 29.0 Å². The van der Waals surface area contributed by atoms with Gasteiger partial charge >= 0.3 is 5.97 Å². The molecule has 2 aliphatic heterocycles. The molecule has 37 heavy (non-hydrogen) atoms. The topological polar surface area (TPSA) is 144 Å². The molecular weight excluding hydrogens is 526 g/mol. The average molecular weight is 546 g/mol. The number of ether oxygens (including phenoxy) is 1. The first kappa shape index (κ1) is 26.2. The van der Waals surface area contributed by atoms with Crippen molar-refractivity contribution in [3.8, 4) is 0 Å². The number of fused-ring (bicyclic) bond motifs is 1. The molecule has 2 aliphatic rings. The Bertz CT molecular complexity index is 1330. The summed E-state index contributed by atoms with van der Waals surface area (Å²) in [7, 11) is -1.95. The van der Waals surface area contributed by atoms with Gasteiger partial charge in [-0.25, -0.2) is 4.79 Å². The third-order valence-electron chi connectivity index (χ3n) is 6.03. The van der Waals surface area contributed by atoms with Gasteiger partial charge in [0.2, 0.25) is 0 Å². The number of halogens is 1. The number of rotatable bonds is 9. The highest BCUT2D eigenvalue weighted by Crippen LogP contribution is 2.37. The largest absolute Gasteiger partial charge is 0.459 e. The number of esters is 1. The Hall–Kier alpha value is -3.90. The maximum absolute atomic E-state index is 13.3. The second-order valence-electron chi connectivity index (χ2n) is 8.38. The number of benzene rings is 2. The van der Waals surface area contributed by atoms with Crippen molar-refractivity contribution >= 4 is 51.8 Å². The molecule has 0 N–H and O–H groups in total. The van der Waals surface area contributed by atoms with Gasteiger partial charge < -0.3 is 9.64 Å². The maximum Gasteiger partial charge on any atom is 0.333 e. The lowest BCUT2D eigenvalue weighted by molar-refractivity contribution is -0.384. The zero-order valence-corrected chi connectivity index (χ0v) is 20.9. The molecule has 2 aromatic carbocycles. The lowest BCUT2D eigenvalue weighted by atomic mass is 9.98. The van der Waals surface area contributed by atoms with Crippen molar-refractivity contribution in [2.24, 2.45) is 0 Å². The summed E-state index contributed by atoms with van der Waals surface area (Å²) in [4.78, 5) is 64.3. The summed E-state index contributed by atoms with van der Waals surface area (Å²) in [5.41, 5.74) is 0.756. The molecule has 0 bridgehead atoms. The summed E-state index contributed by atoms with van der Waals surface area (Å²) in [6, 6.07) is 8.62. The molecule has 2 aromatic rings. The van der Waals surface area contributed by atoms with Crippen LogP contribution in [0.25, 0.3) is 0 Å². The van der Waals surface area contributed by atoms with Crippen LogP contribution in [0.2, 0.25) is 0 Å². The highest BCUT2D eigenvalue weighted by Gasteiger charge is 2.61. The van der Waals surface area contributed by atoms with E-state index in [2.05, 4.69) is 6.58 Å². The molecule has 0 aromatic heterocycles. The lowest BCUT2D eigenvalue weighted by Crippen LogP contribution is -2.76. The van der Waals surface area contributed by atoms with E-state index in [4.69, 9.17) is 16.3 Å². The summed E-state index contributed by atoms with van der Waals surface area (Å²) in [6.07, 6.45) is 0. The standard InChI is InChI=1S/C24H20ClN3O8S/c1-13(2)18(24(32)36-11-14-7-9-15(10-8-14)28(33)34)27-22(31)19(23(27)37(35)12-25)26-20(29)16-5-3-4-6-17(16)21(26)30/h3-10,18-19,23H,1,11-12H2,2H3/t18-,19?,23?,37?/m1/s1. The number of alkyl halides is 1. The number of nitrogens with zero attached hydrogens (tertiary/aromatic N) is 3. The number of carbonyl (C=O) groups is 4. The van der Waals surface area contributed by atoms with E-state index in [1.165, 1.54) is 43.3 Å². The molecule has 1 fully saturated rings. The van der Waals surface area contributed by atoms with Crippen molar-refractivity contribution in [2.45, 2.75) is 31.0 Å². The van der Waals surface area contributed by atoms with Gasteiger partial charge in [-0.3, -0.25) is 33.6 Å². The molecule has 1 saturated heterocycles. The van der Waals surface area contributed by atoms with Gasteiger partial charge in [-0.15, -0.1) is 11.6 Å². The third kappa shape index (κ3) is 4.53. The zero-order chi connectivity index (χ0) is 27.0. The monoisotopic (exact) mass is 545 g/mol. The normalized spacial score (nSPS) is 20.2. The lowest BCUT2D eigenvalue weighted by Gasteiger charge is -2.51. The van der Waals surface area contributed by atoms with Crippen LogP contribution in [0, 0.1) is 10.1 Å². The molecule has 4 atom stereocenters. The smallest absolute Gasteiger partial charge is 0.333 e. The Morgan fingerprint density at radius 2 is 1.70 bits per heavy atom. The van der Waals surface area contributed by atoms with Crippen LogP contribution in [-0.4, -0.2) is 65.3 Å². The van der Waals surface area contributed by atoms with Crippen molar-refractivity contribution in [3.05, 3.63) is 87.5 Å². The van der Waals surface area contributed by atoms with Gasteiger partial charge in [0.1, 0.15) is 17.2 Å². The summed E-state index contributed by atoms with van der Waals surface area (Å²) in [6.45, 7) is 4.97. The minimum Gasteiger partial charge on any atom is -0.459 e. The van der Waals surface area contributed by atoms with E-state index in [0.29, 0.717) is 5.56 Å². The van der Waals surface area contributed by atoms with Crippen molar-refractivity contribution in [3.63, 3.8) is 0 Å². The fourth-order valence-corrected chi connectivity index (χ4v) is 5.80. The van der Waals surface area contributed by atoms with Crippen LogP contribution in [0.4, 0.5) is 5.69 Å². The number of nitro groups is 1. The van der Waals surface area contributed by atoms with Gasteiger partial charge in [0.05, 0.1) is 26.8 Å². The van der Waals surface area contributed by atoms with Gasteiger partial charge in [-0.2, -0.15) is 0 Å². The fraction of sp³-hybridized carbons (Fsp3) is 0.250. The number of nitro benzene ring substituents is 1. The number of β-lactam (4-membered cyclic amide) rings is 1. The van der Waals surface area contributed by atoms with Gasteiger partial charge in [0.15, 0.2) is 12.1 Å². The third-order valence-corrected chi connectivity index (χ3v) is 7.91. The van der Waals surface area contributed by atoms with Gasteiger partial charge in [0, 0.05) is 12.1 Å². The van der Waals surface area contributed by atoms with Crippen LogP contribution in [-0.2, 0) is 31.7 Å².